The van der Waals surface area contributed by atoms with Gasteiger partial charge in [0.2, 0.25) is 0 Å². The molecule has 2 aliphatic rings. The van der Waals surface area contributed by atoms with Crippen LogP contribution >= 0.6 is 34.5 Å². The second-order valence-electron chi connectivity index (χ2n) is 8.04. The average molecular weight is 487 g/mol. The molecule has 0 bridgehead atoms. The Kier molecular flexibility index (Phi) is 6.95. The largest absolute Gasteiger partial charge is 0.461 e. The number of carbonyl (C=O) groups is 1. The third kappa shape index (κ3) is 4.59. The van der Waals surface area contributed by atoms with E-state index < -0.39 is 5.97 Å². The number of esters is 1. The maximum absolute atomic E-state index is 12.3. The lowest BCUT2D eigenvalue weighted by molar-refractivity contribution is 0.0518. The van der Waals surface area contributed by atoms with Crippen molar-refractivity contribution < 1.29 is 9.53 Å². The van der Waals surface area contributed by atoms with Crippen molar-refractivity contribution in [1.82, 2.24) is 9.78 Å². The number of fused-ring (bicyclic) bond motifs is 1. The summed E-state index contributed by atoms with van der Waals surface area (Å²) < 4.78 is 6.75. The Hall–Kier alpha value is -2.26. The van der Waals surface area contributed by atoms with E-state index in [1.807, 2.05) is 18.4 Å². The summed E-state index contributed by atoms with van der Waals surface area (Å²) in [7, 11) is 0. The molecule has 2 fully saturated rings. The first-order chi connectivity index (χ1) is 15.4. The fourth-order valence-electron chi connectivity index (χ4n) is 4.25. The van der Waals surface area contributed by atoms with Gasteiger partial charge in [0, 0.05) is 16.1 Å². The van der Waals surface area contributed by atoms with Gasteiger partial charge >= 0.3 is 5.97 Å². The van der Waals surface area contributed by atoms with Crippen molar-refractivity contribution in [3.63, 3.8) is 0 Å². The summed E-state index contributed by atoms with van der Waals surface area (Å²) in [6, 6.07) is 6.94. The van der Waals surface area contributed by atoms with Crippen molar-refractivity contribution in [2.45, 2.75) is 39.5 Å². The summed E-state index contributed by atoms with van der Waals surface area (Å²) in [4.78, 5) is 13.2. The Balaban J connectivity index is 0.000000346. The number of ether oxygens (including phenoxy) is 1. The predicted molar refractivity (Wildman–Crippen MR) is 131 cm³/mol. The number of nitrogens with zero attached hydrogens (tertiary/aromatic N) is 2. The average Bonchev–Trinajstić information content (AvgIpc) is 3.12. The number of carbonyl (C=O) groups excluding carboxylic acids is 1. The van der Waals surface area contributed by atoms with Gasteiger partial charge < -0.3 is 4.74 Å². The van der Waals surface area contributed by atoms with Gasteiger partial charge in [-0.15, -0.1) is 17.8 Å². The Morgan fingerprint density at radius 2 is 2.06 bits per heavy atom. The fourth-order valence-corrected chi connectivity index (χ4v) is 5.68. The van der Waals surface area contributed by atoms with Gasteiger partial charge in [-0.25, -0.2) is 9.48 Å². The lowest BCUT2D eigenvalue weighted by Crippen LogP contribution is -2.08. The van der Waals surface area contributed by atoms with Crippen LogP contribution in [-0.4, -0.2) is 22.4 Å². The van der Waals surface area contributed by atoms with Gasteiger partial charge in [-0.1, -0.05) is 48.4 Å². The standard InChI is InChI=1S/C19H14Cl2N2O2S.C6H10/c1-4-12-8-9-26-18(12)17-11(3)16(19(24)25-5-2)22-23(17)15-7-6-13(20)10-14(15)21;1-2-5-4-6(5)3-1/h1,6-10H,5H2,2-3H3;5-6H,1-4H2. The first kappa shape index (κ1) is 22.9. The van der Waals surface area contributed by atoms with Crippen LogP contribution in [0.4, 0.5) is 0 Å². The molecule has 3 aromatic rings. The summed E-state index contributed by atoms with van der Waals surface area (Å²) in [6.07, 6.45) is 11.9. The summed E-state index contributed by atoms with van der Waals surface area (Å²) in [5, 5.41) is 7.29. The van der Waals surface area contributed by atoms with E-state index in [-0.39, 0.29) is 12.3 Å². The molecular formula is C25H24Cl2N2O2S. The highest BCUT2D eigenvalue weighted by molar-refractivity contribution is 7.13. The van der Waals surface area contributed by atoms with Crippen molar-refractivity contribution >= 4 is 40.5 Å². The SMILES string of the molecule is C#Cc1ccsc1-c1c(C)c(C(=O)OCC)nn1-c1ccc(Cl)cc1Cl.C1CC2CC2C1. The monoisotopic (exact) mass is 486 g/mol. The minimum Gasteiger partial charge on any atom is -0.461 e. The van der Waals surface area contributed by atoms with Crippen molar-refractivity contribution in [3.8, 4) is 28.6 Å². The molecule has 2 saturated carbocycles. The van der Waals surface area contributed by atoms with Crippen LogP contribution in [-0.2, 0) is 4.74 Å². The van der Waals surface area contributed by atoms with Crippen molar-refractivity contribution in [1.29, 1.82) is 0 Å². The Labute approximate surface area is 202 Å². The normalized spacial score (nSPS) is 18.3. The minimum atomic E-state index is -0.492. The Morgan fingerprint density at radius 1 is 1.31 bits per heavy atom. The second kappa shape index (κ2) is 9.70. The van der Waals surface area contributed by atoms with Gasteiger partial charge in [0.1, 0.15) is 0 Å². The molecule has 2 atom stereocenters. The van der Waals surface area contributed by atoms with Crippen LogP contribution < -0.4 is 0 Å². The van der Waals surface area contributed by atoms with E-state index in [0.29, 0.717) is 27.0 Å². The number of halogens is 2. The maximum Gasteiger partial charge on any atom is 0.359 e. The third-order valence-electron chi connectivity index (χ3n) is 5.98. The van der Waals surface area contributed by atoms with E-state index in [0.717, 1.165) is 10.4 Å². The Bertz CT molecular complexity index is 1180. The number of terminal acetylenes is 1. The van der Waals surface area contributed by atoms with Gasteiger partial charge in [-0.2, -0.15) is 5.10 Å². The van der Waals surface area contributed by atoms with Crippen LogP contribution in [0.5, 0.6) is 0 Å². The van der Waals surface area contributed by atoms with E-state index >= 15 is 0 Å². The molecule has 32 heavy (non-hydrogen) atoms. The van der Waals surface area contributed by atoms with Gasteiger partial charge in [0.15, 0.2) is 5.69 Å². The lowest BCUT2D eigenvalue weighted by Gasteiger charge is -2.10. The highest BCUT2D eigenvalue weighted by Crippen LogP contribution is 2.51. The van der Waals surface area contributed by atoms with Gasteiger partial charge in [0.25, 0.3) is 0 Å². The molecule has 0 spiro atoms. The number of aromatic nitrogens is 2. The minimum absolute atomic E-state index is 0.226. The zero-order valence-electron chi connectivity index (χ0n) is 18.0. The molecule has 0 amide bonds. The lowest BCUT2D eigenvalue weighted by atomic mass is 10.1. The highest BCUT2D eigenvalue weighted by Gasteiger charge is 2.40. The van der Waals surface area contributed by atoms with Crippen LogP contribution in [0.25, 0.3) is 16.3 Å². The summed E-state index contributed by atoms with van der Waals surface area (Å²) >= 11 is 13.9. The molecule has 2 aliphatic carbocycles. The van der Waals surface area contributed by atoms with Gasteiger partial charge in [-0.3, -0.25) is 0 Å². The van der Waals surface area contributed by atoms with E-state index in [2.05, 4.69) is 11.0 Å². The van der Waals surface area contributed by atoms with Crippen LogP contribution in [0.1, 0.15) is 54.2 Å². The van der Waals surface area contributed by atoms with Crippen molar-refractivity contribution in [2.75, 3.05) is 6.61 Å². The summed E-state index contributed by atoms with van der Waals surface area (Å²) in [5.41, 5.74) is 2.93. The molecule has 4 nitrogen and oxygen atoms in total. The zero-order chi connectivity index (χ0) is 22.8. The molecule has 2 heterocycles. The molecule has 7 heteroatoms. The van der Waals surface area contributed by atoms with E-state index in [1.165, 1.54) is 29.6 Å². The first-order valence-corrected chi connectivity index (χ1v) is 12.3. The van der Waals surface area contributed by atoms with Gasteiger partial charge in [-0.05, 0) is 61.7 Å². The van der Waals surface area contributed by atoms with E-state index in [9.17, 15) is 4.79 Å². The van der Waals surface area contributed by atoms with Crippen LogP contribution in [0.15, 0.2) is 29.6 Å². The van der Waals surface area contributed by atoms with Crippen LogP contribution in [0.3, 0.4) is 0 Å². The number of hydrogen-bond donors (Lipinski definition) is 0. The molecule has 2 unspecified atom stereocenters. The zero-order valence-corrected chi connectivity index (χ0v) is 20.4. The number of hydrogen-bond acceptors (Lipinski definition) is 4. The molecular weight excluding hydrogens is 463 g/mol. The van der Waals surface area contributed by atoms with Gasteiger partial charge in [0.05, 0.1) is 27.9 Å². The summed E-state index contributed by atoms with van der Waals surface area (Å²) in [5.74, 6) is 4.60. The van der Waals surface area contributed by atoms with Crippen molar-refractivity contribution in [2.24, 2.45) is 11.8 Å². The Morgan fingerprint density at radius 3 is 2.62 bits per heavy atom. The van der Waals surface area contributed by atoms with E-state index in [4.69, 9.17) is 34.4 Å². The third-order valence-corrected chi connectivity index (χ3v) is 7.44. The predicted octanol–water partition coefficient (Wildman–Crippen LogP) is 7.18. The number of rotatable bonds is 4. The molecule has 0 aliphatic heterocycles. The molecule has 0 N–H and O–H groups in total. The highest BCUT2D eigenvalue weighted by atomic mass is 35.5. The number of thiophene rings is 1. The quantitative estimate of drug-likeness (QED) is 0.289. The van der Waals surface area contributed by atoms with Crippen LogP contribution in [0, 0.1) is 31.1 Å². The molecule has 0 radical (unpaired) electrons. The second-order valence-corrected chi connectivity index (χ2v) is 9.80. The summed E-state index contributed by atoms with van der Waals surface area (Å²) in [6.45, 7) is 3.82. The van der Waals surface area contributed by atoms with E-state index in [1.54, 1.807) is 49.1 Å². The molecule has 0 saturated heterocycles. The fraction of sp³-hybridized carbons (Fsp3) is 0.360. The smallest absolute Gasteiger partial charge is 0.359 e. The molecule has 1 aromatic carbocycles. The first-order valence-electron chi connectivity index (χ1n) is 10.7. The molecule has 2 aromatic heterocycles. The van der Waals surface area contributed by atoms with Crippen molar-refractivity contribution in [3.05, 3.63) is 56.5 Å². The maximum atomic E-state index is 12.3. The van der Waals surface area contributed by atoms with Crippen LogP contribution in [0.2, 0.25) is 10.0 Å². The number of benzene rings is 1. The topological polar surface area (TPSA) is 44.1 Å². The molecule has 166 valence electrons. The molecule has 5 rings (SSSR count).